The van der Waals surface area contributed by atoms with Crippen molar-refractivity contribution in [2.75, 3.05) is 10.6 Å². The molecule has 2 N–H and O–H groups in total. The molecule has 0 atom stereocenters. The molecule has 0 bridgehead atoms. The summed E-state index contributed by atoms with van der Waals surface area (Å²) in [5.41, 5.74) is 2.28. The summed E-state index contributed by atoms with van der Waals surface area (Å²) in [4.78, 5) is 0. The maximum Gasteiger partial charge on any atom is 0.177 e. The second-order valence-corrected chi connectivity index (χ2v) is 8.32. The topological polar surface area (TPSA) is 59.7 Å². The highest BCUT2D eigenvalue weighted by Gasteiger charge is 2.12. The molecule has 2 heterocycles. The molecule has 0 unspecified atom stereocenters. The van der Waals surface area contributed by atoms with Crippen molar-refractivity contribution >= 4 is 52.2 Å². The number of anilines is 2. The van der Waals surface area contributed by atoms with Gasteiger partial charge in [-0.3, -0.25) is 9.36 Å². The molecule has 32 heavy (non-hydrogen) atoms. The first-order valence-electron chi connectivity index (χ1n) is 9.71. The van der Waals surface area contributed by atoms with Crippen molar-refractivity contribution in [3.63, 3.8) is 0 Å². The minimum Gasteiger partial charge on any atom is -0.316 e. The van der Waals surface area contributed by atoms with Gasteiger partial charge in [-0.2, -0.15) is 10.2 Å². The number of aromatic nitrogens is 4. The van der Waals surface area contributed by atoms with Crippen molar-refractivity contribution in [1.29, 1.82) is 0 Å². The van der Waals surface area contributed by atoms with Gasteiger partial charge in [0.15, 0.2) is 16.7 Å². The number of nitrogens with one attached hydrogen (secondary N) is 2. The van der Waals surface area contributed by atoms with Crippen LogP contribution in [0.4, 0.5) is 16.0 Å². The van der Waals surface area contributed by atoms with E-state index in [1.54, 1.807) is 58.0 Å². The molecule has 0 saturated carbocycles. The van der Waals surface area contributed by atoms with Crippen LogP contribution in [0.15, 0.2) is 60.8 Å². The Morgan fingerprint density at radius 3 is 2.44 bits per heavy atom. The summed E-state index contributed by atoms with van der Waals surface area (Å²) >= 11 is 17.9. The third kappa shape index (κ3) is 5.27. The Morgan fingerprint density at radius 1 is 0.969 bits per heavy atom. The van der Waals surface area contributed by atoms with Gasteiger partial charge in [-0.05, 0) is 37.3 Å². The van der Waals surface area contributed by atoms with E-state index in [1.807, 2.05) is 13.0 Å². The van der Waals surface area contributed by atoms with E-state index in [1.165, 1.54) is 6.07 Å². The smallest absolute Gasteiger partial charge is 0.177 e. The number of hydrogen-bond acceptors (Lipinski definition) is 3. The van der Waals surface area contributed by atoms with E-state index in [4.69, 9.17) is 35.4 Å². The van der Waals surface area contributed by atoms with E-state index in [2.05, 4.69) is 20.8 Å². The lowest BCUT2D eigenvalue weighted by atomic mass is 10.2. The molecule has 0 saturated heterocycles. The first kappa shape index (κ1) is 22.3. The molecule has 2 aromatic heterocycles. The zero-order valence-electron chi connectivity index (χ0n) is 17.0. The van der Waals surface area contributed by atoms with E-state index in [9.17, 15) is 4.39 Å². The third-order valence-corrected chi connectivity index (χ3v) is 5.68. The summed E-state index contributed by atoms with van der Waals surface area (Å²) in [5, 5.41) is 16.5. The highest BCUT2D eigenvalue weighted by Crippen LogP contribution is 2.26. The highest BCUT2D eigenvalue weighted by molar-refractivity contribution is 7.80. The number of thiocarbonyl (C=S) groups is 1. The van der Waals surface area contributed by atoms with Crippen molar-refractivity contribution in [2.45, 2.75) is 20.0 Å². The lowest BCUT2D eigenvalue weighted by Crippen LogP contribution is -2.20. The van der Waals surface area contributed by atoms with E-state index in [0.717, 1.165) is 11.3 Å². The van der Waals surface area contributed by atoms with Crippen LogP contribution < -0.4 is 10.6 Å². The van der Waals surface area contributed by atoms with Crippen LogP contribution in [0, 0.1) is 12.7 Å². The molecule has 0 aliphatic rings. The summed E-state index contributed by atoms with van der Waals surface area (Å²) in [6.45, 7) is 2.69. The van der Waals surface area contributed by atoms with E-state index in [0.29, 0.717) is 45.4 Å². The number of halogens is 3. The van der Waals surface area contributed by atoms with Gasteiger partial charge in [-0.25, -0.2) is 4.39 Å². The second kappa shape index (κ2) is 9.68. The predicted octanol–water partition coefficient (Wildman–Crippen LogP) is 5.74. The zero-order valence-corrected chi connectivity index (χ0v) is 19.3. The summed E-state index contributed by atoms with van der Waals surface area (Å²) < 4.78 is 17.3. The minimum absolute atomic E-state index is 0.265. The lowest BCUT2D eigenvalue weighted by molar-refractivity contribution is 0.586. The van der Waals surface area contributed by atoms with Crippen molar-refractivity contribution < 1.29 is 4.39 Å². The quantitative estimate of drug-likeness (QED) is 0.339. The summed E-state index contributed by atoms with van der Waals surface area (Å²) in [6, 6.07) is 15.6. The van der Waals surface area contributed by atoms with Gasteiger partial charge in [0.05, 0.1) is 13.1 Å². The summed E-state index contributed by atoms with van der Waals surface area (Å²) in [6.07, 6.45) is 1.75. The van der Waals surface area contributed by atoms with E-state index >= 15 is 0 Å². The summed E-state index contributed by atoms with van der Waals surface area (Å²) in [5.74, 6) is 0.852. The molecule has 0 radical (unpaired) electrons. The SMILES string of the molecule is Cc1cc(NC(=S)Nc2ccn(Cc3ccccc3F)n2)nn1Cc1c(Cl)cccc1Cl. The van der Waals surface area contributed by atoms with Gasteiger partial charge in [0.25, 0.3) is 0 Å². The Hall–Kier alpha value is -2.94. The molecule has 0 amide bonds. The second-order valence-electron chi connectivity index (χ2n) is 7.10. The first-order chi connectivity index (χ1) is 15.4. The Kier molecular flexibility index (Phi) is 6.74. The Balaban J connectivity index is 1.38. The van der Waals surface area contributed by atoms with Gasteiger partial charge >= 0.3 is 0 Å². The highest BCUT2D eigenvalue weighted by atomic mass is 35.5. The average molecular weight is 489 g/mol. The number of aryl methyl sites for hydroxylation is 1. The molecule has 2 aromatic carbocycles. The molecule has 4 aromatic rings. The number of nitrogens with zero attached hydrogens (tertiary/aromatic N) is 4. The summed E-state index contributed by atoms with van der Waals surface area (Å²) in [7, 11) is 0. The minimum atomic E-state index is -0.265. The van der Waals surface area contributed by atoms with Gasteiger partial charge in [-0.15, -0.1) is 0 Å². The standard InChI is InChI=1S/C22H19Cl2FN6S/c1-14-11-21(29-31(14)13-16-17(23)6-4-7-18(16)24)27-22(32)26-20-9-10-30(28-20)12-15-5-2-3-8-19(15)25/h2-11H,12-13H2,1H3,(H2,26,27,28,29,32). The fourth-order valence-electron chi connectivity index (χ4n) is 3.15. The van der Waals surface area contributed by atoms with Gasteiger partial charge in [0, 0.05) is 45.2 Å². The fourth-order valence-corrected chi connectivity index (χ4v) is 3.87. The molecule has 0 aliphatic heterocycles. The normalized spacial score (nSPS) is 10.9. The Morgan fingerprint density at radius 2 is 1.69 bits per heavy atom. The molecule has 4 rings (SSSR count). The lowest BCUT2D eigenvalue weighted by Gasteiger charge is -2.09. The number of rotatable bonds is 6. The molecule has 6 nitrogen and oxygen atoms in total. The van der Waals surface area contributed by atoms with Gasteiger partial charge in [-0.1, -0.05) is 47.5 Å². The van der Waals surface area contributed by atoms with Gasteiger partial charge in [0.2, 0.25) is 0 Å². The number of hydrogen-bond donors (Lipinski definition) is 2. The molecular weight excluding hydrogens is 470 g/mol. The van der Waals surface area contributed by atoms with Gasteiger partial charge < -0.3 is 10.6 Å². The van der Waals surface area contributed by atoms with Crippen LogP contribution in [0.2, 0.25) is 10.0 Å². The molecule has 164 valence electrons. The average Bonchev–Trinajstić information content (AvgIpc) is 3.32. The zero-order chi connectivity index (χ0) is 22.7. The van der Waals surface area contributed by atoms with Gasteiger partial charge in [0.1, 0.15) is 5.82 Å². The molecule has 0 fully saturated rings. The van der Waals surface area contributed by atoms with Crippen LogP contribution in [-0.4, -0.2) is 24.7 Å². The third-order valence-electron chi connectivity index (χ3n) is 4.76. The van der Waals surface area contributed by atoms with Crippen molar-refractivity contribution in [1.82, 2.24) is 19.6 Å². The van der Waals surface area contributed by atoms with Crippen LogP contribution in [0.1, 0.15) is 16.8 Å². The van der Waals surface area contributed by atoms with E-state index < -0.39 is 0 Å². The van der Waals surface area contributed by atoms with Crippen LogP contribution in [-0.2, 0) is 13.1 Å². The predicted molar refractivity (Wildman–Crippen MR) is 130 cm³/mol. The van der Waals surface area contributed by atoms with Crippen molar-refractivity contribution in [2.24, 2.45) is 0 Å². The Labute approximate surface area is 200 Å². The van der Waals surface area contributed by atoms with Crippen molar-refractivity contribution in [3.8, 4) is 0 Å². The van der Waals surface area contributed by atoms with Crippen LogP contribution in [0.3, 0.4) is 0 Å². The maximum absolute atomic E-state index is 13.8. The molecule has 0 spiro atoms. The van der Waals surface area contributed by atoms with Crippen LogP contribution in [0.5, 0.6) is 0 Å². The van der Waals surface area contributed by atoms with Crippen molar-refractivity contribution in [3.05, 3.63) is 93.5 Å². The molecular formula is C22H19Cl2FN6S. The van der Waals surface area contributed by atoms with E-state index in [-0.39, 0.29) is 5.82 Å². The monoisotopic (exact) mass is 488 g/mol. The van der Waals surface area contributed by atoms with Crippen LogP contribution >= 0.6 is 35.4 Å². The molecule has 0 aliphatic carbocycles. The Bertz CT molecular complexity index is 1250. The maximum atomic E-state index is 13.8. The number of benzene rings is 2. The first-order valence-corrected chi connectivity index (χ1v) is 10.9. The fraction of sp³-hybridized carbons (Fsp3) is 0.136. The largest absolute Gasteiger partial charge is 0.316 e. The van der Waals surface area contributed by atoms with Crippen LogP contribution in [0.25, 0.3) is 0 Å². The molecule has 10 heteroatoms.